The van der Waals surface area contributed by atoms with Crippen molar-refractivity contribution in [3.05, 3.63) is 63.1 Å². The van der Waals surface area contributed by atoms with Crippen LogP contribution < -0.4 is 10.1 Å². The summed E-state index contributed by atoms with van der Waals surface area (Å²) in [7, 11) is 1.56. The minimum Gasteiger partial charge on any atom is -0.496 e. The van der Waals surface area contributed by atoms with Gasteiger partial charge in [0.05, 0.1) is 17.7 Å². The van der Waals surface area contributed by atoms with Crippen LogP contribution in [0, 0.1) is 0 Å². The summed E-state index contributed by atoms with van der Waals surface area (Å²) in [4.78, 5) is 12.1. The van der Waals surface area contributed by atoms with E-state index in [-0.39, 0.29) is 12.5 Å². The molecule has 0 spiro atoms. The monoisotopic (exact) mass is 383 g/mol. The van der Waals surface area contributed by atoms with Gasteiger partial charge in [0.15, 0.2) is 0 Å². The third-order valence-electron chi connectivity index (χ3n) is 3.12. The average Bonchev–Trinajstić information content (AvgIpc) is 2.52. The fourth-order valence-electron chi connectivity index (χ4n) is 1.90. The van der Waals surface area contributed by atoms with Gasteiger partial charge in [0, 0.05) is 17.1 Å². The number of aliphatic hydroxyl groups is 1. The first kappa shape index (κ1) is 16.8. The van der Waals surface area contributed by atoms with Gasteiger partial charge in [0.2, 0.25) is 0 Å². The number of aliphatic hydroxyl groups excluding tert-OH is 1. The van der Waals surface area contributed by atoms with Crippen LogP contribution in [0.4, 0.5) is 0 Å². The molecule has 0 aliphatic rings. The number of carbonyl (C=O) groups excluding carboxylic acids is 1. The number of carbonyl (C=O) groups is 1. The number of amides is 1. The van der Waals surface area contributed by atoms with E-state index in [2.05, 4.69) is 21.2 Å². The lowest BCUT2D eigenvalue weighted by atomic mass is 10.1. The standard InChI is InChI=1S/C16H15BrClNO3/c1-22-15-7-4-11(8-13(15)17)16(21)19-9-14(20)10-2-5-12(18)6-3-10/h2-8,14,20H,9H2,1H3,(H,19,21)/t14-/m0/s1. The smallest absolute Gasteiger partial charge is 0.251 e. The first-order chi connectivity index (χ1) is 10.5. The number of hydrogen-bond acceptors (Lipinski definition) is 3. The third-order valence-corrected chi connectivity index (χ3v) is 4.00. The third kappa shape index (κ3) is 4.22. The summed E-state index contributed by atoms with van der Waals surface area (Å²) in [5.41, 5.74) is 1.18. The molecule has 116 valence electrons. The molecule has 0 fully saturated rings. The zero-order valence-electron chi connectivity index (χ0n) is 11.8. The SMILES string of the molecule is COc1ccc(C(=O)NC[C@H](O)c2ccc(Cl)cc2)cc1Br. The van der Waals surface area contributed by atoms with Crippen molar-refractivity contribution in [3.63, 3.8) is 0 Å². The largest absolute Gasteiger partial charge is 0.496 e. The Morgan fingerprint density at radius 1 is 1.32 bits per heavy atom. The number of methoxy groups -OCH3 is 1. The Morgan fingerprint density at radius 2 is 2.00 bits per heavy atom. The summed E-state index contributed by atoms with van der Waals surface area (Å²) in [6, 6.07) is 11.9. The Morgan fingerprint density at radius 3 is 2.59 bits per heavy atom. The van der Waals surface area contributed by atoms with Gasteiger partial charge in [0.25, 0.3) is 5.91 Å². The summed E-state index contributed by atoms with van der Waals surface area (Å²) >= 11 is 9.13. The zero-order chi connectivity index (χ0) is 16.1. The highest BCUT2D eigenvalue weighted by atomic mass is 79.9. The highest BCUT2D eigenvalue weighted by molar-refractivity contribution is 9.10. The van der Waals surface area contributed by atoms with Gasteiger partial charge in [-0.2, -0.15) is 0 Å². The average molecular weight is 385 g/mol. The summed E-state index contributed by atoms with van der Waals surface area (Å²) in [5, 5.41) is 13.3. The molecule has 6 heteroatoms. The van der Waals surface area contributed by atoms with E-state index in [1.165, 1.54) is 0 Å². The van der Waals surface area contributed by atoms with E-state index in [4.69, 9.17) is 16.3 Å². The number of halogens is 2. The second-order valence-corrected chi connectivity index (χ2v) is 5.92. The number of benzene rings is 2. The molecule has 0 heterocycles. The fourth-order valence-corrected chi connectivity index (χ4v) is 2.57. The van der Waals surface area contributed by atoms with Crippen LogP contribution in [-0.4, -0.2) is 24.7 Å². The maximum absolute atomic E-state index is 12.1. The zero-order valence-corrected chi connectivity index (χ0v) is 14.2. The van der Waals surface area contributed by atoms with Crippen molar-refractivity contribution in [2.45, 2.75) is 6.10 Å². The molecule has 2 aromatic rings. The summed E-state index contributed by atoms with van der Waals surface area (Å²) in [6.45, 7) is 0.115. The molecule has 0 aromatic heterocycles. The Bertz CT molecular complexity index is 661. The van der Waals surface area contributed by atoms with Gasteiger partial charge in [-0.25, -0.2) is 0 Å². The van der Waals surface area contributed by atoms with Gasteiger partial charge in [-0.05, 0) is 51.8 Å². The molecule has 4 nitrogen and oxygen atoms in total. The maximum Gasteiger partial charge on any atom is 0.251 e. The van der Waals surface area contributed by atoms with Gasteiger partial charge in [-0.15, -0.1) is 0 Å². The lowest BCUT2D eigenvalue weighted by Gasteiger charge is -2.13. The van der Waals surface area contributed by atoms with Crippen molar-refractivity contribution in [1.82, 2.24) is 5.32 Å². The maximum atomic E-state index is 12.1. The lowest BCUT2D eigenvalue weighted by molar-refractivity contribution is 0.0916. The normalized spacial score (nSPS) is 11.8. The van der Waals surface area contributed by atoms with Crippen molar-refractivity contribution in [3.8, 4) is 5.75 Å². The Labute approximate surface area is 142 Å². The van der Waals surface area contributed by atoms with Crippen LogP contribution in [0.2, 0.25) is 5.02 Å². The number of nitrogens with one attached hydrogen (secondary N) is 1. The molecule has 1 amide bonds. The quantitative estimate of drug-likeness (QED) is 0.828. The van der Waals surface area contributed by atoms with Crippen LogP contribution >= 0.6 is 27.5 Å². The number of hydrogen-bond donors (Lipinski definition) is 2. The predicted octanol–water partition coefficient (Wildman–Crippen LogP) is 3.57. The minimum absolute atomic E-state index is 0.115. The fraction of sp³-hybridized carbons (Fsp3) is 0.188. The van der Waals surface area contributed by atoms with E-state index in [0.29, 0.717) is 26.4 Å². The van der Waals surface area contributed by atoms with Gasteiger partial charge < -0.3 is 15.2 Å². The second kappa shape index (κ2) is 7.63. The van der Waals surface area contributed by atoms with E-state index in [1.54, 1.807) is 49.6 Å². The molecule has 0 radical (unpaired) electrons. The molecular weight excluding hydrogens is 370 g/mol. The lowest BCUT2D eigenvalue weighted by Crippen LogP contribution is -2.28. The molecule has 0 aliphatic heterocycles. The number of ether oxygens (including phenoxy) is 1. The van der Waals surface area contributed by atoms with Gasteiger partial charge in [-0.1, -0.05) is 23.7 Å². The summed E-state index contributed by atoms with van der Waals surface area (Å²) in [6.07, 6.45) is -0.789. The van der Waals surface area contributed by atoms with Crippen molar-refractivity contribution in [1.29, 1.82) is 0 Å². The van der Waals surface area contributed by atoms with Crippen LogP contribution in [0.15, 0.2) is 46.9 Å². The molecule has 2 aromatic carbocycles. The van der Waals surface area contributed by atoms with Crippen molar-refractivity contribution < 1.29 is 14.6 Å². The highest BCUT2D eigenvalue weighted by Crippen LogP contribution is 2.25. The molecular formula is C16H15BrClNO3. The highest BCUT2D eigenvalue weighted by Gasteiger charge is 2.12. The Kier molecular flexibility index (Phi) is 5.83. The van der Waals surface area contributed by atoms with Crippen molar-refractivity contribution >= 4 is 33.4 Å². The summed E-state index contributed by atoms with van der Waals surface area (Å²) in [5.74, 6) is 0.383. The Balaban J connectivity index is 1.97. The number of rotatable bonds is 5. The molecule has 22 heavy (non-hydrogen) atoms. The minimum atomic E-state index is -0.789. The van der Waals surface area contributed by atoms with Crippen LogP contribution in [0.5, 0.6) is 5.75 Å². The van der Waals surface area contributed by atoms with Gasteiger partial charge in [-0.3, -0.25) is 4.79 Å². The molecule has 2 rings (SSSR count). The van der Waals surface area contributed by atoms with E-state index in [1.807, 2.05) is 0 Å². The first-order valence-corrected chi connectivity index (χ1v) is 7.73. The molecule has 0 bridgehead atoms. The van der Waals surface area contributed by atoms with E-state index in [9.17, 15) is 9.90 Å². The van der Waals surface area contributed by atoms with Gasteiger partial charge >= 0.3 is 0 Å². The molecule has 0 unspecified atom stereocenters. The van der Waals surface area contributed by atoms with Crippen molar-refractivity contribution in [2.24, 2.45) is 0 Å². The second-order valence-electron chi connectivity index (χ2n) is 4.63. The van der Waals surface area contributed by atoms with Crippen LogP contribution in [0.1, 0.15) is 22.0 Å². The predicted molar refractivity (Wildman–Crippen MR) is 89.4 cm³/mol. The topological polar surface area (TPSA) is 58.6 Å². The molecule has 0 aliphatic carbocycles. The summed E-state index contributed by atoms with van der Waals surface area (Å²) < 4.78 is 5.81. The van der Waals surface area contributed by atoms with Gasteiger partial charge in [0.1, 0.15) is 5.75 Å². The van der Waals surface area contributed by atoms with Crippen LogP contribution in [0.25, 0.3) is 0 Å². The molecule has 2 N–H and O–H groups in total. The van der Waals surface area contributed by atoms with Crippen LogP contribution in [0.3, 0.4) is 0 Å². The Hall–Kier alpha value is -1.56. The van der Waals surface area contributed by atoms with E-state index >= 15 is 0 Å². The van der Waals surface area contributed by atoms with Crippen molar-refractivity contribution in [2.75, 3.05) is 13.7 Å². The van der Waals surface area contributed by atoms with E-state index < -0.39 is 6.10 Å². The van der Waals surface area contributed by atoms with Crippen LogP contribution in [-0.2, 0) is 0 Å². The molecule has 1 atom stereocenters. The first-order valence-electron chi connectivity index (χ1n) is 6.56. The molecule has 0 saturated carbocycles. The molecule has 0 saturated heterocycles. The van der Waals surface area contributed by atoms with E-state index in [0.717, 1.165) is 0 Å².